The van der Waals surface area contributed by atoms with Crippen LogP contribution in [-0.4, -0.2) is 11.4 Å². The highest BCUT2D eigenvalue weighted by Crippen LogP contribution is 2.30. The molecular formula is C10H21NO2. The fraction of sp³-hybridized carbons (Fsp3) is 0.900. The molecule has 0 unspecified atom stereocenters. The van der Waals surface area contributed by atoms with Crippen LogP contribution >= 0.6 is 0 Å². The Morgan fingerprint density at radius 3 is 2.08 bits per heavy atom. The summed E-state index contributed by atoms with van der Waals surface area (Å²) in [6.07, 6.45) is 1.21. The van der Waals surface area contributed by atoms with Crippen molar-refractivity contribution in [3.63, 3.8) is 0 Å². The molecule has 2 N–H and O–H groups in total. The van der Waals surface area contributed by atoms with Gasteiger partial charge in [-0.2, -0.15) is 0 Å². The lowest BCUT2D eigenvalue weighted by molar-refractivity contribution is -0.131. The molecule has 0 aliphatic rings. The van der Waals surface area contributed by atoms with Crippen molar-refractivity contribution in [3.8, 4) is 0 Å². The quantitative estimate of drug-likeness (QED) is 0.670. The smallest absolute Gasteiger partial charge is 0.138 e. The first-order valence-electron chi connectivity index (χ1n) is 4.66. The zero-order valence-corrected chi connectivity index (χ0v) is 9.31. The van der Waals surface area contributed by atoms with Crippen molar-refractivity contribution in [1.29, 1.82) is 0 Å². The second-order valence-corrected chi connectivity index (χ2v) is 4.71. The van der Waals surface area contributed by atoms with Crippen molar-refractivity contribution in [2.24, 2.45) is 11.3 Å². The molecular weight excluding hydrogens is 166 g/mol. The zero-order valence-electron chi connectivity index (χ0n) is 9.31. The summed E-state index contributed by atoms with van der Waals surface area (Å²) < 4.78 is 0. The number of Topliss-reactive ketones (excluding diaryl/α,β-unsaturated/α-hetero) is 1. The summed E-state index contributed by atoms with van der Waals surface area (Å²) in [5.74, 6) is 5.39. The molecule has 0 rings (SSSR count). The molecule has 0 radical (unpaired) electrons. The molecule has 0 aliphatic carbocycles. The van der Waals surface area contributed by atoms with Crippen LogP contribution in [0.4, 0.5) is 0 Å². The number of carbonyl (C=O) groups is 1. The third-order valence-electron chi connectivity index (χ3n) is 2.26. The second kappa shape index (κ2) is 4.20. The van der Waals surface area contributed by atoms with Crippen molar-refractivity contribution < 1.29 is 9.63 Å². The normalized spacial score (nSPS) is 13.1. The SMILES string of the molecule is CCC(=O)C(C)(C)CC(C)(C)ON. The van der Waals surface area contributed by atoms with Crippen LogP contribution < -0.4 is 5.90 Å². The van der Waals surface area contributed by atoms with Gasteiger partial charge in [0.15, 0.2) is 0 Å². The molecule has 13 heavy (non-hydrogen) atoms. The Kier molecular flexibility index (Phi) is 4.07. The number of nitrogens with two attached hydrogens (primary N) is 1. The topological polar surface area (TPSA) is 52.3 Å². The number of hydrogen-bond acceptors (Lipinski definition) is 3. The van der Waals surface area contributed by atoms with Crippen LogP contribution in [0.1, 0.15) is 47.5 Å². The van der Waals surface area contributed by atoms with Gasteiger partial charge in [-0.3, -0.25) is 9.63 Å². The maximum atomic E-state index is 11.5. The lowest BCUT2D eigenvalue weighted by Crippen LogP contribution is -2.37. The molecule has 0 saturated carbocycles. The van der Waals surface area contributed by atoms with Crippen molar-refractivity contribution in [1.82, 2.24) is 0 Å². The molecule has 0 aromatic rings. The summed E-state index contributed by atoms with van der Waals surface area (Å²) in [4.78, 5) is 16.3. The average molecular weight is 187 g/mol. The minimum atomic E-state index is -0.436. The summed E-state index contributed by atoms with van der Waals surface area (Å²) in [5.41, 5.74) is -0.786. The van der Waals surface area contributed by atoms with Crippen molar-refractivity contribution in [2.75, 3.05) is 0 Å². The molecule has 0 fully saturated rings. The standard InChI is InChI=1S/C10H21NO2/c1-6-8(12)9(2,3)7-10(4,5)13-11/h6-7,11H2,1-5H3. The van der Waals surface area contributed by atoms with E-state index in [1.54, 1.807) is 0 Å². The van der Waals surface area contributed by atoms with Crippen LogP contribution in [-0.2, 0) is 9.63 Å². The van der Waals surface area contributed by atoms with E-state index in [-0.39, 0.29) is 11.2 Å². The third-order valence-corrected chi connectivity index (χ3v) is 2.26. The van der Waals surface area contributed by atoms with Gasteiger partial charge in [-0.05, 0) is 20.3 Å². The van der Waals surface area contributed by atoms with E-state index in [0.29, 0.717) is 12.8 Å². The van der Waals surface area contributed by atoms with Gasteiger partial charge in [0.25, 0.3) is 0 Å². The first-order chi connectivity index (χ1) is 5.75. The average Bonchev–Trinajstić information content (AvgIpc) is 2.01. The van der Waals surface area contributed by atoms with Gasteiger partial charge in [0, 0.05) is 11.8 Å². The van der Waals surface area contributed by atoms with Gasteiger partial charge in [0.1, 0.15) is 5.78 Å². The molecule has 0 saturated heterocycles. The summed E-state index contributed by atoms with van der Waals surface area (Å²) in [7, 11) is 0. The molecule has 0 aliphatic heterocycles. The van der Waals surface area contributed by atoms with Gasteiger partial charge in [-0.15, -0.1) is 0 Å². The van der Waals surface area contributed by atoms with Crippen molar-refractivity contribution in [2.45, 2.75) is 53.1 Å². The van der Waals surface area contributed by atoms with Crippen LogP contribution in [0.25, 0.3) is 0 Å². The Balaban J connectivity index is 4.41. The highest BCUT2D eigenvalue weighted by atomic mass is 16.6. The Bertz CT molecular complexity index is 185. The molecule has 0 amide bonds. The third kappa shape index (κ3) is 3.87. The highest BCUT2D eigenvalue weighted by Gasteiger charge is 2.33. The Hall–Kier alpha value is -0.410. The molecule has 0 bridgehead atoms. The maximum Gasteiger partial charge on any atom is 0.138 e. The predicted molar refractivity (Wildman–Crippen MR) is 53.0 cm³/mol. The van der Waals surface area contributed by atoms with E-state index >= 15 is 0 Å². The second-order valence-electron chi connectivity index (χ2n) is 4.71. The largest absolute Gasteiger partial charge is 0.299 e. The van der Waals surface area contributed by atoms with E-state index < -0.39 is 5.60 Å². The zero-order chi connectivity index (χ0) is 10.7. The lowest BCUT2D eigenvalue weighted by atomic mass is 9.77. The summed E-state index contributed by atoms with van der Waals surface area (Å²) in [6.45, 7) is 9.51. The highest BCUT2D eigenvalue weighted by molar-refractivity contribution is 5.83. The number of ketones is 1. The van der Waals surface area contributed by atoms with Crippen LogP contribution in [0.2, 0.25) is 0 Å². The van der Waals surface area contributed by atoms with E-state index in [4.69, 9.17) is 10.7 Å². The molecule has 0 aromatic carbocycles. The van der Waals surface area contributed by atoms with Crippen LogP contribution in [0.15, 0.2) is 0 Å². The van der Waals surface area contributed by atoms with Crippen LogP contribution in [0, 0.1) is 5.41 Å². The number of rotatable bonds is 5. The van der Waals surface area contributed by atoms with E-state index in [0.717, 1.165) is 0 Å². The van der Waals surface area contributed by atoms with E-state index in [9.17, 15) is 4.79 Å². The van der Waals surface area contributed by atoms with Crippen LogP contribution in [0.5, 0.6) is 0 Å². The predicted octanol–water partition coefficient (Wildman–Crippen LogP) is 2.05. The molecule has 0 spiro atoms. The first-order valence-corrected chi connectivity index (χ1v) is 4.66. The van der Waals surface area contributed by atoms with Gasteiger partial charge in [0.2, 0.25) is 0 Å². The van der Waals surface area contributed by atoms with E-state index in [1.807, 2.05) is 34.6 Å². The Morgan fingerprint density at radius 1 is 1.31 bits per heavy atom. The first kappa shape index (κ1) is 12.6. The monoisotopic (exact) mass is 187 g/mol. The van der Waals surface area contributed by atoms with Crippen LogP contribution in [0.3, 0.4) is 0 Å². The van der Waals surface area contributed by atoms with E-state index in [1.165, 1.54) is 0 Å². The fourth-order valence-corrected chi connectivity index (χ4v) is 1.68. The molecule has 0 aromatic heterocycles. The molecule has 3 nitrogen and oxygen atoms in total. The minimum absolute atomic E-state index is 0.248. The molecule has 0 atom stereocenters. The van der Waals surface area contributed by atoms with E-state index in [2.05, 4.69) is 0 Å². The molecule has 0 heterocycles. The van der Waals surface area contributed by atoms with Gasteiger partial charge in [-0.1, -0.05) is 20.8 Å². The summed E-state index contributed by atoms with van der Waals surface area (Å²) >= 11 is 0. The lowest BCUT2D eigenvalue weighted by Gasteiger charge is -2.31. The number of carbonyl (C=O) groups excluding carboxylic acids is 1. The van der Waals surface area contributed by atoms with Gasteiger partial charge >= 0.3 is 0 Å². The van der Waals surface area contributed by atoms with Gasteiger partial charge in [0.05, 0.1) is 5.60 Å². The minimum Gasteiger partial charge on any atom is -0.299 e. The van der Waals surface area contributed by atoms with Crippen molar-refractivity contribution >= 4 is 5.78 Å². The molecule has 3 heteroatoms. The number of hydrogen-bond donors (Lipinski definition) is 1. The molecule has 78 valence electrons. The Morgan fingerprint density at radius 2 is 1.77 bits per heavy atom. The van der Waals surface area contributed by atoms with Gasteiger partial charge in [-0.25, -0.2) is 5.90 Å². The summed E-state index contributed by atoms with van der Waals surface area (Å²) in [5, 5.41) is 0. The van der Waals surface area contributed by atoms with Crippen molar-refractivity contribution in [3.05, 3.63) is 0 Å². The maximum absolute atomic E-state index is 11.5. The fourth-order valence-electron chi connectivity index (χ4n) is 1.68. The van der Waals surface area contributed by atoms with Gasteiger partial charge < -0.3 is 0 Å². The Labute approximate surface area is 80.6 Å². The summed E-state index contributed by atoms with van der Waals surface area (Å²) in [6, 6.07) is 0.